The second kappa shape index (κ2) is 6.34. The Balaban J connectivity index is 1.97. The summed E-state index contributed by atoms with van der Waals surface area (Å²) in [7, 11) is 0. The number of nitriles is 1. The lowest BCUT2D eigenvalue weighted by Crippen LogP contribution is -2.14. The van der Waals surface area contributed by atoms with Gasteiger partial charge in [0.05, 0.1) is 23.0 Å². The van der Waals surface area contributed by atoms with E-state index in [2.05, 4.69) is 11.2 Å². The van der Waals surface area contributed by atoms with Crippen LogP contribution in [0, 0.1) is 11.3 Å². The average molecular weight is 340 g/mol. The van der Waals surface area contributed by atoms with Crippen molar-refractivity contribution in [3.63, 3.8) is 0 Å². The van der Waals surface area contributed by atoms with Gasteiger partial charge in [-0.15, -0.1) is 0 Å². The largest absolute Gasteiger partial charge is 0.289 e. The van der Waals surface area contributed by atoms with Crippen molar-refractivity contribution in [3.05, 3.63) is 82.1 Å². The molecule has 2 aromatic heterocycles. The number of aryl methyl sites for hydroxylation is 1. The first-order valence-electron chi connectivity index (χ1n) is 8.42. The van der Waals surface area contributed by atoms with Gasteiger partial charge >= 0.3 is 0 Å². The first-order valence-corrected chi connectivity index (χ1v) is 8.42. The Kier molecular flexibility index (Phi) is 3.86. The number of benzene rings is 2. The standard InChI is InChI=1S/C21H16N4O/c1-2-17-20(15-8-4-3-5-9-15)24-25-19(26)12-18(23-21(17)25)16-10-6-7-14(11-16)13-22/h3-12,24H,2H2,1H3. The maximum absolute atomic E-state index is 12.7. The van der Waals surface area contributed by atoms with Crippen LogP contribution in [0.3, 0.4) is 0 Å². The smallest absolute Gasteiger partial charge is 0.273 e. The van der Waals surface area contributed by atoms with Crippen LogP contribution in [0.25, 0.3) is 28.2 Å². The fraction of sp³-hybridized carbons (Fsp3) is 0.0952. The van der Waals surface area contributed by atoms with Crippen molar-refractivity contribution in [3.8, 4) is 28.6 Å². The first kappa shape index (κ1) is 15.9. The number of H-pyrrole nitrogens is 1. The topological polar surface area (TPSA) is 73.9 Å². The summed E-state index contributed by atoms with van der Waals surface area (Å²) in [6.07, 6.45) is 0.741. The van der Waals surface area contributed by atoms with Crippen molar-refractivity contribution >= 4 is 5.65 Å². The Morgan fingerprint density at radius 3 is 2.58 bits per heavy atom. The number of nitrogens with zero attached hydrogens (tertiary/aromatic N) is 3. The maximum Gasteiger partial charge on any atom is 0.273 e. The van der Waals surface area contributed by atoms with Gasteiger partial charge in [0, 0.05) is 17.2 Å². The van der Waals surface area contributed by atoms with Gasteiger partial charge in [-0.25, -0.2) is 9.50 Å². The van der Waals surface area contributed by atoms with Gasteiger partial charge in [-0.05, 0) is 24.1 Å². The van der Waals surface area contributed by atoms with E-state index in [-0.39, 0.29) is 5.56 Å². The molecular formula is C21H16N4O. The zero-order chi connectivity index (χ0) is 18.1. The minimum absolute atomic E-state index is 0.177. The highest BCUT2D eigenvalue weighted by Crippen LogP contribution is 2.26. The Labute approximate surface area is 150 Å². The average Bonchev–Trinajstić information content (AvgIpc) is 3.08. The van der Waals surface area contributed by atoms with Crippen molar-refractivity contribution in [2.45, 2.75) is 13.3 Å². The summed E-state index contributed by atoms with van der Waals surface area (Å²) in [5, 5.41) is 12.3. The van der Waals surface area contributed by atoms with Crippen LogP contribution in [-0.2, 0) is 6.42 Å². The van der Waals surface area contributed by atoms with Crippen molar-refractivity contribution < 1.29 is 0 Å². The normalized spacial score (nSPS) is 10.8. The lowest BCUT2D eigenvalue weighted by Gasteiger charge is -2.03. The molecule has 4 rings (SSSR count). The number of hydrogen-bond acceptors (Lipinski definition) is 3. The van der Waals surface area contributed by atoms with Crippen LogP contribution in [0.1, 0.15) is 18.1 Å². The lowest BCUT2D eigenvalue weighted by molar-refractivity contribution is 0.904. The summed E-state index contributed by atoms with van der Waals surface area (Å²) in [6, 6.07) is 20.7. The van der Waals surface area contributed by atoms with Crippen molar-refractivity contribution in [1.82, 2.24) is 14.6 Å². The van der Waals surface area contributed by atoms with E-state index in [4.69, 9.17) is 10.2 Å². The minimum Gasteiger partial charge on any atom is -0.289 e. The van der Waals surface area contributed by atoms with Gasteiger partial charge in [-0.3, -0.25) is 9.89 Å². The zero-order valence-corrected chi connectivity index (χ0v) is 14.2. The molecule has 0 bridgehead atoms. The van der Waals surface area contributed by atoms with Gasteiger partial charge in [0.15, 0.2) is 5.65 Å². The van der Waals surface area contributed by atoms with Gasteiger partial charge in [-0.1, -0.05) is 49.4 Å². The molecule has 2 heterocycles. The fourth-order valence-electron chi connectivity index (χ4n) is 3.16. The molecule has 0 aliphatic carbocycles. The summed E-state index contributed by atoms with van der Waals surface area (Å²) in [4.78, 5) is 17.4. The zero-order valence-electron chi connectivity index (χ0n) is 14.2. The van der Waals surface area contributed by atoms with Crippen LogP contribution in [0.2, 0.25) is 0 Å². The van der Waals surface area contributed by atoms with Crippen LogP contribution in [-0.4, -0.2) is 14.6 Å². The van der Waals surface area contributed by atoms with Gasteiger partial charge in [0.25, 0.3) is 5.56 Å². The highest BCUT2D eigenvalue weighted by Gasteiger charge is 2.16. The minimum atomic E-state index is -0.177. The van der Waals surface area contributed by atoms with E-state index in [1.54, 1.807) is 18.2 Å². The molecule has 0 aliphatic heterocycles. The third-order valence-corrected chi connectivity index (χ3v) is 4.42. The second-order valence-corrected chi connectivity index (χ2v) is 6.02. The quantitative estimate of drug-likeness (QED) is 0.616. The monoisotopic (exact) mass is 340 g/mol. The molecule has 0 amide bonds. The van der Waals surface area contributed by atoms with E-state index in [0.29, 0.717) is 16.9 Å². The first-order chi connectivity index (χ1) is 12.7. The number of aromatic nitrogens is 3. The van der Waals surface area contributed by atoms with E-state index in [0.717, 1.165) is 28.8 Å². The molecule has 0 saturated carbocycles. The Morgan fingerprint density at radius 1 is 1.08 bits per heavy atom. The maximum atomic E-state index is 12.7. The number of aromatic amines is 1. The summed E-state index contributed by atoms with van der Waals surface area (Å²) in [5.41, 5.74) is 5.22. The number of fused-ring (bicyclic) bond motifs is 1. The number of hydrogen-bond donors (Lipinski definition) is 1. The van der Waals surface area contributed by atoms with E-state index >= 15 is 0 Å². The highest BCUT2D eigenvalue weighted by molar-refractivity contribution is 5.72. The Bertz CT molecular complexity index is 1200. The van der Waals surface area contributed by atoms with E-state index in [1.807, 2.05) is 43.3 Å². The van der Waals surface area contributed by atoms with Crippen LogP contribution in [0.15, 0.2) is 65.5 Å². The highest BCUT2D eigenvalue weighted by atomic mass is 16.1. The SMILES string of the molecule is CCc1c(-c2ccccc2)[nH]n2c(=O)cc(-c3cccc(C#N)c3)nc12. The molecule has 0 radical (unpaired) electrons. The van der Waals surface area contributed by atoms with Gasteiger partial charge in [-0.2, -0.15) is 5.26 Å². The van der Waals surface area contributed by atoms with Crippen LogP contribution < -0.4 is 5.56 Å². The van der Waals surface area contributed by atoms with E-state index < -0.39 is 0 Å². The van der Waals surface area contributed by atoms with Crippen LogP contribution >= 0.6 is 0 Å². The molecule has 0 saturated heterocycles. The molecule has 0 aliphatic rings. The van der Waals surface area contributed by atoms with Crippen molar-refractivity contribution in [2.24, 2.45) is 0 Å². The molecule has 0 atom stereocenters. The third kappa shape index (κ3) is 2.58. The molecule has 0 unspecified atom stereocenters. The second-order valence-electron chi connectivity index (χ2n) is 6.02. The van der Waals surface area contributed by atoms with Crippen LogP contribution in [0.4, 0.5) is 0 Å². The van der Waals surface area contributed by atoms with Gasteiger partial charge in [0.2, 0.25) is 0 Å². The van der Waals surface area contributed by atoms with Gasteiger partial charge in [0.1, 0.15) is 0 Å². The molecule has 26 heavy (non-hydrogen) atoms. The molecule has 1 N–H and O–H groups in total. The summed E-state index contributed by atoms with van der Waals surface area (Å²) < 4.78 is 1.48. The van der Waals surface area contributed by atoms with E-state index in [9.17, 15) is 4.79 Å². The molecule has 4 aromatic rings. The number of nitrogens with one attached hydrogen (secondary N) is 1. The molecule has 126 valence electrons. The summed E-state index contributed by atoms with van der Waals surface area (Å²) in [5.74, 6) is 0. The predicted octanol–water partition coefficient (Wildman–Crippen LogP) is 3.79. The summed E-state index contributed by atoms with van der Waals surface area (Å²) >= 11 is 0. The van der Waals surface area contributed by atoms with E-state index in [1.165, 1.54) is 10.6 Å². The van der Waals surface area contributed by atoms with Crippen molar-refractivity contribution in [2.75, 3.05) is 0 Å². The molecule has 2 aromatic carbocycles. The lowest BCUT2D eigenvalue weighted by atomic mass is 10.1. The third-order valence-electron chi connectivity index (χ3n) is 4.42. The Hall–Kier alpha value is -3.65. The van der Waals surface area contributed by atoms with Gasteiger partial charge < -0.3 is 0 Å². The predicted molar refractivity (Wildman–Crippen MR) is 101 cm³/mol. The molecular weight excluding hydrogens is 324 g/mol. The van der Waals surface area contributed by atoms with Crippen molar-refractivity contribution in [1.29, 1.82) is 5.26 Å². The fourth-order valence-corrected chi connectivity index (χ4v) is 3.16. The summed E-state index contributed by atoms with van der Waals surface area (Å²) in [6.45, 7) is 2.05. The molecule has 5 nitrogen and oxygen atoms in total. The molecule has 0 fully saturated rings. The molecule has 0 spiro atoms. The molecule has 5 heteroatoms. The Morgan fingerprint density at radius 2 is 1.85 bits per heavy atom. The number of rotatable bonds is 3. The van der Waals surface area contributed by atoms with Crippen LogP contribution in [0.5, 0.6) is 0 Å².